The number of hydrogen-bond acceptors (Lipinski definition) is 4. The van der Waals surface area contributed by atoms with Crippen LogP contribution >= 0.6 is 0 Å². The molecule has 0 fully saturated rings. The molecule has 0 aliphatic heterocycles. The van der Waals surface area contributed by atoms with Crippen LogP contribution in [0.4, 0.5) is 0 Å². The van der Waals surface area contributed by atoms with Crippen LogP contribution in [0.2, 0.25) is 0 Å². The maximum absolute atomic E-state index is 12.4. The van der Waals surface area contributed by atoms with Crippen LogP contribution in [0.3, 0.4) is 0 Å². The number of carbonyl (C=O) groups excluding carboxylic acids is 2. The number of hydrogen-bond donors (Lipinski definition) is 2. The Morgan fingerprint density at radius 2 is 1.78 bits per heavy atom. The molecule has 0 saturated heterocycles. The fourth-order valence-electron chi connectivity index (χ4n) is 2.73. The molecule has 0 heterocycles. The van der Waals surface area contributed by atoms with Gasteiger partial charge in [0.2, 0.25) is 5.91 Å². The number of nitrogens with one attached hydrogen (secondary N) is 2. The lowest BCUT2D eigenvalue weighted by Crippen LogP contribution is -2.46. The predicted molar refractivity (Wildman–Crippen MR) is 106 cm³/mol. The topological polar surface area (TPSA) is 70.7 Å². The molecule has 144 valence electrons. The maximum atomic E-state index is 12.4. The van der Waals surface area contributed by atoms with Crippen LogP contribution < -0.4 is 15.4 Å². The van der Waals surface area contributed by atoms with Crippen molar-refractivity contribution in [1.29, 1.82) is 0 Å². The molecule has 6 heteroatoms. The van der Waals surface area contributed by atoms with E-state index in [0.29, 0.717) is 12.1 Å². The van der Waals surface area contributed by atoms with Gasteiger partial charge in [-0.3, -0.25) is 9.59 Å². The second-order valence-electron chi connectivity index (χ2n) is 6.56. The molecule has 2 unspecified atom stereocenters. The fourth-order valence-corrected chi connectivity index (χ4v) is 2.73. The highest BCUT2D eigenvalue weighted by Crippen LogP contribution is 2.22. The number of nitrogens with zero attached hydrogens (tertiary/aromatic N) is 1. The summed E-state index contributed by atoms with van der Waals surface area (Å²) < 4.78 is 5.28. The van der Waals surface area contributed by atoms with Crippen LogP contribution in [0, 0.1) is 0 Å². The first kappa shape index (κ1) is 20.5. The minimum atomic E-state index is -0.633. The zero-order valence-corrected chi connectivity index (χ0v) is 16.2. The van der Waals surface area contributed by atoms with Gasteiger partial charge >= 0.3 is 0 Å². The Morgan fingerprint density at radius 3 is 2.41 bits per heavy atom. The van der Waals surface area contributed by atoms with Gasteiger partial charge in [0.05, 0.1) is 13.2 Å². The molecule has 0 aromatic heterocycles. The SMILES string of the molecule is COc1cccc(C(CNC(=O)C(C)NC(=O)c2ccccc2)N(C)C)c1. The lowest BCUT2D eigenvalue weighted by molar-refractivity contribution is -0.122. The average molecular weight is 369 g/mol. The second kappa shape index (κ2) is 9.73. The quantitative estimate of drug-likeness (QED) is 0.749. The summed E-state index contributed by atoms with van der Waals surface area (Å²) in [4.78, 5) is 26.6. The first-order valence-electron chi connectivity index (χ1n) is 8.86. The summed E-state index contributed by atoms with van der Waals surface area (Å²) in [7, 11) is 5.54. The van der Waals surface area contributed by atoms with Gasteiger partial charge in [0, 0.05) is 12.1 Å². The molecule has 0 radical (unpaired) electrons. The number of ether oxygens (including phenoxy) is 1. The van der Waals surface area contributed by atoms with E-state index in [1.807, 2.05) is 49.3 Å². The fraction of sp³-hybridized carbons (Fsp3) is 0.333. The lowest BCUT2D eigenvalue weighted by Gasteiger charge is -2.26. The molecule has 27 heavy (non-hydrogen) atoms. The van der Waals surface area contributed by atoms with E-state index in [0.717, 1.165) is 11.3 Å². The van der Waals surface area contributed by atoms with E-state index < -0.39 is 6.04 Å². The van der Waals surface area contributed by atoms with Crippen molar-refractivity contribution in [3.05, 3.63) is 65.7 Å². The predicted octanol–water partition coefficient (Wildman–Crippen LogP) is 2.23. The van der Waals surface area contributed by atoms with E-state index in [4.69, 9.17) is 4.74 Å². The van der Waals surface area contributed by atoms with Crippen molar-refractivity contribution in [2.24, 2.45) is 0 Å². The number of methoxy groups -OCH3 is 1. The summed E-state index contributed by atoms with van der Waals surface area (Å²) in [6, 6.07) is 16.0. The monoisotopic (exact) mass is 369 g/mol. The van der Waals surface area contributed by atoms with Crippen LogP contribution in [0.25, 0.3) is 0 Å². The van der Waals surface area contributed by atoms with Crippen LogP contribution in [0.1, 0.15) is 28.9 Å². The number of benzene rings is 2. The highest BCUT2D eigenvalue weighted by atomic mass is 16.5. The largest absolute Gasteiger partial charge is 0.497 e. The normalized spacial score (nSPS) is 12.9. The molecule has 0 saturated carbocycles. The van der Waals surface area contributed by atoms with Crippen molar-refractivity contribution in [3.63, 3.8) is 0 Å². The van der Waals surface area contributed by atoms with Crippen LogP contribution in [0.5, 0.6) is 5.75 Å². The summed E-state index contributed by atoms with van der Waals surface area (Å²) in [5.74, 6) is 0.276. The molecule has 0 bridgehead atoms. The van der Waals surface area contributed by atoms with Gasteiger partial charge in [0.1, 0.15) is 11.8 Å². The Balaban J connectivity index is 1.95. The Kier molecular flexibility index (Phi) is 7.37. The molecule has 0 aliphatic carbocycles. The molecule has 6 nitrogen and oxygen atoms in total. The molecule has 2 rings (SSSR count). The number of likely N-dealkylation sites (N-methyl/N-ethyl adjacent to an activating group) is 1. The Morgan fingerprint density at radius 1 is 1.07 bits per heavy atom. The Hall–Kier alpha value is -2.86. The zero-order chi connectivity index (χ0) is 19.8. The first-order chi connectivity index (χ1) is 12.9. The van der Waals surface area contributed by atoms with Gasteiger partial charge in [-0.2, -0.15) is 0 Å². The summed E-state index contributed by atoms with van der Waals surface area (Å²) >= 11 is 0. The number of amides is 2. The smallest absolute Gasteiger partial charge is 0.251 e. The molecule has 0 spiro atoms. The summed E-state index contributed by atoms with van der Waals surface area (Å²) in [6.45, 7) is 2.09. The van der Waals surface area contributed by atoms with Gasteiger partial charge in [-0.15, -0.1) is 0 Å². The Bertz CT molecular complexity index is 762. The van der Waals surface area contributed by atoms with Crippen LogP contribution in [-0.2, 0) is 4.79 Å². The van der Waals surface area contributed by atoms with E-state index in [2.05, 4.69) is 10.6 Å². The Labute approximate surface area is 160 Å². The van der Waals surface area contributed by atoms with Crippen LogP contribution in [-0.4, -0.2) is 50.5 Å². The van der Waals surface area contributed by atoms with Crippen LogP contribution in [0.15, 0.2) is 54.6 Å². The van der Waals surface area contributed by atoms with Crippen molar-refractivity contribution in [1.82, 2.24) is 15.5 Å². The summed E-state index contributed by atoms with van der Waals surface area (Å²) in [5, 5.41) is 5.64. The van der Waals surface area contributed by atoms with E-state index in [1.165, 1.54) is 0 Å². The van der Waals surface area contributed by atoms with Gasteiger partial charge in [0.25, 0.3) is 5.91 Å². The van der Waals surface area contributed by atoms with Crippen molar-refractivity contribution in [3.8, 4) is 5.75 Å². The third-order valence-electron chi connectivity index (χ3n) is 4.35. The van der Waals surface area contributed by atoms with Gasteiger partial charge < -0.3 is 20.3 Å². The van der Waals surface area contributed by atoms with Crippen molar-refractivity contribution in [2.45, 2.75) is 19.0 Å². The zero-order valence-electron chi connectivity index (χ0n) is 16.2. The van der Waals surface area contributed by atoms with Gasteiger partial charge in [-0.1, -0.05) is 30.3 Å². The highest BCUT2D eigenvalue weighted by Gasteiger charge is 2.20. The van der Waals surface area contributed by atoms with E-state index >= 15 is 0 Å². The van der Waals surface area contributed by atoms with Gasteiger partial charge in [0.15, 0.2) is 0 Å². The molecule has 0 aliphatic rings. The second-order valence-corrected chi connectivity index (χ2v) is 6.56. The molecule has 2 aromatic rings. The standard InChI is InChI=1S/C21H27N3O3/c1-15(23-21(26)16-9-6-5-7-10-16)20(25)22-14-19(24(2)3)17-11-8-12-18(13-17)27-4/h5-13,15,19H,14H2,1-4H3,(H,22,25)(H,23,26). The van der Waals surface area contributed by atoms with E-state index in [1.54, 1.807) is 38.3 Å². The van der Waals surface area contributed by atoms with Crippen molar-refractivity contribution in [2.75, 3.05) is 27.7 Å². The number of carbonyl (C=O) groups is 2. The molecule has 2 N–H and O–H groups in total. The van der Waals surface area contributed by atoms with E-state index in [-0.39, 0.29) is 17.9 Å². The summed E-state index contributed by atoms with van der Waals surface area (Å²) in [6.07, 6.45) is 0. The first-order valence-corrected chi connectivity index (χ1v) is 8.86. The highest BCUT2D eigenvalue weighted by molar-refractivity contribution is 5.97. The lowest BCUT2D eigenvalue weighted by atomic mass is 10.1. The van der Waals surface area contributed by atoms with Crippen molar-refractivity contribution < 1.29 is 14.3 Å². The molecule has 2 aromatic carbocycles. The maximum Gasteiger partial charge on any atom is 0.251 e. The minimum absolute atomic E-state index is 0.0129. The van der Waals surface area contributed by atoms with E-state index in [9.17, 15) is 9.59 Å². The van der Waals surface area contributed by atoms with Gasteiger partial charge in [-0.05, 0) is 50.8 Å². The van der Waals surface area contributed by atoms with Gasteiger partial charge in [-0.25, -0.2) is 0 Å². The third-order valence-corrected chi connectivity index (χ3v) is 4.35. The number of rotatable bonds is 8. The minimum Gasteiger partial charge on any atom is -0.497 e. The molecule has 2 amide bonds. The third kappa shape index (κ3) is 5.82. The molecular formula is C21H27N3O3. The van der Waals surface area contributed by atoms with Crippen molar-refractivity contribution >= 4 is 11.8 Å². The molecule has 2 atom stereocenters. The summed E-state index contributed by atoms with van der Waals surface area (Å²) in [5.41, 5.74) is 1.57. The molecular weight excluding hydrogens is 342 g/mol. The average Bonchev–Trinajstić information content (AvgIpc) is 2.68.